The summed E-state index contributed by atoms with van der Waals surface area (Å²) in [5.74, 6) is 0.765. The van der Waals surface area contributed by atoms with Crippen molar-refractivity contribution in [1.82, 2.24) is 24.8 Å². The number of aromatic amines is 1. The molecule has 4 heterocycles. The molecule has 7 heteroatoms. The molecular formula is C20H19N5O2. The second kappa shape index (κ2) is 7.49. The van der Waals surface area contributed by atoms with E-state index in [9.17, 15) is 9.59 Å². The molecule has 3 aromatic heterocycles. The van der Waals surface area contributed by atoms with Crippen LogP contribution in [0, 0.1) is 0 Å². The molecule has 1 saturated heterocycles. The lowest BCUT2D eigenvalue weighted by atomic mass is 9.95. The van der Waals surface area contributed by atoms with E-state index in [1.165, 1.54) is 6.07 Å². The van der Waals surface area contributed by atoms with Gasteiger partial charge in [-0.25, -0.2) is 4.98 Å². The van der Waals surface area contributed by atoms with Gasteiger partial charge in [0.15, 0.2) is 0 Å². The zero-order valence-electron chi connectivity index (χ0n) is 14.7. The number of nitrogens with zero attached hydrogens (tertiary/aromatic N) is 4. The van der Waals surface area contributed by atoms with E-state index in [1.807, 2.05) is 23.1 Å². The van der Waals surface area contributed by atoms with E-state index in [1.54, 1.807) is 30.7 Å². The van der Waals surface area contributed by atoms with E-state index >= 15 is 0 Å². The fourth-order valence-corrected chi connectivity index (χ4v) is 3.34. The Labute approximate surface area is 156 Å². The Bertz CT molecular complexity index is 980. The number of likely N-dealkylation sites (tertiary alicyclic amines) is 1. The minimum atomic E-state index is -0.186. The lowest BCUT2D eigenvalue weighted by Crippen LogP contribution is -2.38. The normalized spacial score (nSPS) is 14.9. The predicted molar refractivity (Wildman–Crippen MR) is 100 cm³/mol. The van der Waals surface area contributed by atoms with E-state index < -0.39 is 0 Å². The van der Waals surface area contributed by atoms with Crippen molar-refractivity contribution in [3.8, 4) is 11.4 Å². The van der Waals surface area contributed by atoms with Crippen molar-refractivity contribution >= 4 is 5.91 Å². The highest BCUT2D eigenvalue weighted by Crippen LogP contribution is 2.26. The topological polar surface area (TPSA) is 91.8 Å². The Balaban J connectivity index is 1.49. The van der Waals surface area contributed by atoms with E-state index in [0.717, 1.165) is 12.8 Å². The molecule has 3 aromatic rings. The number of nitrogens with one attached hydrogen (secondary N) is 1. The van der Waals surface area contributed by atoms with Gasteiger partial charge >= 0.3 is 0 Å². The van der Waals surface area contributed by atoms with Gasteiger partial charge in [0.25, 0.3) is 11.5 Å². The lowest BCUT2D eigenvalue weighted by molar-refractivity contribution is 0.0710. The molecule has 0 aromatic carbocycles. The smallest absolute Gasteiger partial charge is 0.255 e. The summed E-state index contributed by atoms with van der Waals surface area (Å²) in [6, 6.07) is 10.5. The van der Waals surface area contributed by atoms with Crippen molar-refractivity contribution in [3.05, 3.63) is 76.7 Å². The molecule has 0 aliphatic carbocycles. The SMILES string of the molecule is O=C(c1cccnc1)N1CCC(c2nc(-c3ccccn3)cc(=O)[nH]2)CC1. The third-order valence-electron chi connectivity index (χ3n) is 4.76. The maximum Gasteiger partial charge on any atom is 0.255 e. The van der Waals surface area contributed by atoms with Crippen LogP contribution in [0.5, 0.6) is 0 Å². The predicted octanol–water partition coefficient (Wildman–Crippen LogP) is 2.25. The number of piperidine rings is 1. The first-order chi connectivity index (χ1) is 13.2. The van der Waals surface area contributed by atoms with Gasteiger partial charge in [-0.05, 0) is 37.1 Å². The van der Waals surface area contributed by atoms with E-state index in [0.29, 0.717) is 35.9 Å². The maximum absolute atomic E-state index is 12.5. The van der Waals surface area contributed by atoms with Crippen LogP contribution in [-0.2, 0) is 0 Å². The van der Waals surface area contributed by atoms with Crippen LogP contribution in [-0.4, -0.2) is 43.8 Å². The number of rotatable bonds is 3. The molecule has 0 bridgehead atoms. The average Bonchev–Trinajstić information content (AvgIpc) is 2.74. The molecule has 1 amide bonds. The van der Waals surface area contributed by atoms with Crippen LogP contribution in [0.2, 0.25) is 0 Å². The number of aromatic nitrogens is 4. The molecule has 0 atom stereocenters. The zero-order valence-corrected chi connectivity index (χ0v) is 14.7. The molecule has 7 nitrogen and oxygen atoms in total. The number of carbonyl (C=O) groups is 1. The summed E-state index contributed by atoms with van der Waals surface area (Å²) in [5, 5.41) is 0. The molecule has 0 radical (unpaired) electrons. The Morgan fingerprint density at radius 2 is 1.93 bits per heavy atom. The molecular weight excluding hydrogens is 342 g/mol. The van der Waals surface area contributed by atoms with Crippen LogP contribution in [0.1, 0.15) is 34.9 Å². The largest absolute Gasteiger partial charge is 0.339 e. The Morgan fingerprint density at radius 1 is 1.07 bits per heavy atom. The Morgan fingerprint density at radius 3 is 2.63 bits per heavy atom. The monoisotopic (exact) mass is 361 g/mol. The van der Waals surface area contributed by atoms with E-state index in [4.69, 9.17) is 0 Å². The quantitative estimate of drug-likeness (QED) is 0.772. The van der Waals surface area contributed by atoms with Crippen molar-refractivity contribution in [1.29, 1.82) is 0 Å². The highest BCUT2D eigenvalue weighted by molar-refractivity contribution is 5.93. The second-order valence-corrected chi connectivity index (χ2v) is 6.54. The van der Waals surface area contributed by atoms with Crippen molar-refractivity contribution in [2.75, 3.05) is 13.1 Å². The third kappa shape index (κ3) is 3.76. The van der Waals surface area contributed by atoms with Crippen molar-refractivity contribution in [2.24, 2.45) is 0 Å². The number of amides is 1. The number of carbonyl (C=O) groups excluding carboxylic acids is 1. The van der Waals surface area contributed by atoms with Gasteiger partial charge in [-0.3, -0.25) is 19.6 Å². The summed E-state index contributed by atoms with van der Waals surface area (Å²) < 4.78 is 0. The van der Waals surface area contributed by atoms with Crippen LogP contribution < -0.4 is 5.56 Å². The molecule has 4 rings (SSSR count). The van der Waals surface area contributed by atoms with Gasteiger partial charge < -0.3 is 9.88 Å². The number of H-pyrrole nitrogens is 1. The highest BCUT2D eigenvalue weighted by atomic mass is 16.2. The van der Waals surface area contributed by atoms with Gasteiger partial charge in [0.2, 0.25) is 0 Å². The van der Waals surface area contributed by atoms with Crippen molar-refractivity contribution in [3.63, 3.8) is 0 Å². The highest BCUT2D eigenvalue weighted by Gasteiger charge is 2.26. The van der Waals surface area contributed by atoms with Gasteiger partial charge in [0, 0.05) is 43.7 Å². The molecule has 27 heavy (non-hydrogen) atoms. The summed E-state index contributed by atoms with van der Waals surface area (Å²) >= 11 is 0. The van der Waals surface area contributed by atoms with Crippen LogP contribution in [0.4, 0.5) is 0 Å². The van der Waals surface area contributed by atoms with Gasteiger partial charge in [-0.15, -0.1) is 0 Å². The zero-order chi connectivity index (χ0) is 18.6. The molecule has 1 aliphatic heterocycles. The summed E-state index contributed by atoms with van der Waals surface area (Å²) in [5.41, 5.74) is 1.66. The summed E-state index contributed by atoms with van der Waals surface area (Å²) in [6.45, 7) is 1.24. The van der Waals surface area contributed by atoms with Crippen LogP contribution in [0.3, 0.4) is 0 Å². The van der Waals surface area contributed by atoms with Crippen molar-refractivity contribution in [2.45, 2.75) is 18.8 Å². The molecule has 0 saturated carbocycles. The molecule has 0 unspecified atom stereocenters. The first-order valence-electron chi connectivity index (χ1n) is 8.92. The number of hydrogen-bond donors (Lipinski definition) is 1. The maximum atomic E-state index is 12.5. The molecule has 1 aliphatic rings. The van der Waals surface area contributed by atoms with E-state index in [2.05, 4.69) is 19.9 Å². The van der Waals surface area contributed by atoms with Crippen LogP contribution in [0.25, 0.3) is 11.4 Å². The molecule has 1 fully saturated rings. The fraction of sp³-hybridized carbons (Fsp3) is 0.250. The van der Waals surface area contributed by atoms with Gasteiger partial charge in [-0.1, -0.05) is 6.07 Å². The van der Waals surface area contributed by atoms with Gasteiger partial charge in [0.05, 0.1) is 17.0 Å². The van der Waals surface area contributed by atoms with E-state index in [-0.39, 0.29) is 17.4 Å². The van der Waals surface area contributed by atoms with Gasteiger partial charge in [0.1, 0.15) is 5.82 Å². The third-order valence-corrected chi connectivity index (χ3v) is 4.76. The standard InChI is InChI=1S/C20H19N5O2/c26-18-12-17(16-5-1-2-9-22-16)23-19(24-18)14-6-10-25(11-7-14)20(27)15-4-3-8-21-13-15/h1-5,8-9,12-14H,6-7,10-11H2,(H,23,24,26). The molecule has 136 valence electrons. The number of hydrogen-bond acceptors (Lipinski definition) is 5. The van der Waals surface area contributed by atoms with Gasteiger partial charge in [-0.2, -0.15) is 0 Å². The molecule has 0 spiro atoms. The fourth-order valence-electron chi connectivity index (χ4n) is 3.34. The average molecular weight is 361 g/mol. The summed E-state index contributed by atoms with van der Waals surface area (Å²) in [4.78, 5) is 42.2. The van der Waals surface area contributed by atoms with Crippen LogP contribution >= 0.6 is 0 Å². The number of pyridine rings is 2. The van der Waals surface area contributed by atoms with Crippen molar-refractivity contribution < 1.29 is 4.79 Å². The minimum absolute atomic E-state index is 0.00904. The minimum Gasteiger partial charge on any atom is -0.339 e. The first-order valence-corrected chi connectivity index (χ1v) is 8.92. The van der Waals surface area contributed by atoms with Crippen LogP contribution in [0.15, 0.2) is 59.8 Å². The lowest BCUT2D eigenvalue weighted by Gasteiger charge is -2.31. The second-order valence-electron chi connectivity index (χ2n) is 6.54. The molecule has 1 N–H and O–H groups in total. The Hall–Kier alpha value is -3.35. The Kier molecular flexibility index (Phi) is 4.74. The summed E-state index contributed by atoms with van der Waals surface area (Å²) in [6.07, 6.45) is 6.42. The summed E-state index contributed by atoms with van der Waals surface area (Å²) in [7, 11) is 0. The first kappa shape index (κ1) is 17.1.